The number of ether oxygens (including phenoxy) is 2. The molecule has 4 heteroatoms. The van der Waals surface area contributed by atoms with Crippen LogP contribution in [0.25, 0.3) is 10.8 Å². The molecule has 3 rings (SSSR count). The van der Waals surface area contributed by atoms with Crippen LogP contribution in [-0.4, -0.2) is 18.2 Å². The third kappa shape index (κ3) is 1.45. The van der Waals surface area contributed by atoms with Crippen molar-refractivity contribution in [3.8, 4) is 11.5 Å². The monoisotopic (exact) mass is 265 g/mol. The van der Waals surface area contributed by atoms with Crippen LogP contribution in [0.5, 0.6) is 11.5 Å². The molecular formula is C11H8BrNO2. The number of pyridine rings is 1. The number of halogens is 1. The van der Waals surface area contributed by atoms with E-state index in [4.69, 9.17) is 9.47 Å². The number of hydrogen-bond acceptors (Lipinski definition) is 3. The van der Waals surface area contributed by atoms with Gasteiger partial charge in [0.05, 0.1) is 0 Å². The summed E-state index contributed by atoms with van der Waals surface area (Å²) in [5.41, 5.74) is 0. The molecule has 0 aliphatic carbocycles. The molecule has 0 fully saturated rings. The molecule has 0 amide bonds. The fourth-order valence-corrected chi connectivity index (χ4v) is 2.13. The van der Waals surface area contributed by atoms with Gasteiger partial charge in [-0.05, 0) is 28.1 Å². The van der Waals surface area contributed by atoms with Gasteiger partial charge in [-0.2, -0.15) is 0 Å². The van der Waals surface area contributed by atoms with E-state index in [0.29, 0.717) is 13.2 Å². The Balaban J connectivity index is 2.31. The largest absolute Gasteiger partial charge is 0.486 e. The Morgan fingerprint density at radius 2 is 1.80 bits per heavy atom. The van der Waals surface area contributed by atoms with Gasteiger partial charge in [-0.3, -0.25) is 4.98 Å². The van der Waals surface area contributed by atoms with Crippen LogP contribution in [0.2, 0.25) is 0 Å². The highest BCUT2D eigenvalue weighted by Gasteiger charge is 2.13. The zero-order chi connectivity index (χ0) is 10.3. The van der Waals surface area contributed by atoms with Crippen LogP contribution in [0.1, 0.15) is 0 Å². The molecule has 2 heterocycles. The Morgan fingerprint density at radius 3 is 2.60 bits per heavy atom. The average molecular weight is 266 g/mol. The number of aromatic nitrogens is 1. The normalized spacial score (nSPS) is 14.2. The Kier molecular flexibility index (Phi) is 2.02. The standard InChI is InChI=1S/C11H8BrNO2/c12-9-6-13-5-7-3-10-11(4-8(7)9)15-2-1-14-10/h3-6H,1-2H2. The molecule has 3 nitrogen and oxygen atoms in total. The zero-order valence-corrected chi connectivity index (χ0v) is 9.45. The maximum absolute atomic E-state index is 5.52. The van der Waals surface area contributed by atoms with Crippen molar-refractivity contribution in [1.29, 1.82) is 0 Å². The van der Waals surface area contributed by atoms with Crippen LogP contribution in [-0.2, 0) is 0 Å². The summed E-state index contributed by atoms with van der Waals surface area (Å²) in [7, 11) is 0. The average Bonchev–Trinajstić information content (AvgIpc) is 2.27. The molecule has 0 bridgehead atoms. The summed E-state index contributed by atoms with van der Waals surface area (Å²) < 4.78 is 12.0. The van der Waals surface area contributed by atoms with Crippen molar-refractivity contribution < 1.29 is 9.47 Å². The van der Waals surface area contributed by atoms with E-state index in [1.807, 2.05) is 18.3 Å². The van der Waals surface area contributed by atoms with Crippen LogP contribution in [0, 0.1) is 0 Å². The molecule has 0 saturated carbocycles. The van der Waals surface area contributed by atoms with Gasteiger partial charge in [0, 0.05) is 27.6 Å². The third-order valence-electron chi connectivity index (χ3n) is 2.37. The van der Waals surface area contributed by atoms with Crippen LogP contribution in [0.4, 0.5) is 0 Å². The van der Waals surface area contributed by atoms with Gasteiger partial charge >= 0.3 is 0 Å². The number of nitrogens with zero attached hydrogens (tertiary/aromatic N) is 1. The van der Waals surface area contributed by atoms with Crippen molar-refractivity contribution in [2.75, 3.05) is 13.2 Å². The summed E-state index contributed by atoms with van der Waals surface area (Å²) in [6.07, 6.45) is 3.59. The topological polar surface area (TPSA) is 31.4 Å². The van der Waals surface area contributed by atoms with Crippen LogP contribution in [0.3, 0.4) is 0 Å². The molecule has 76 valence electrons. The van der Waals surface area contributed by atoms with Gasteiger partial charge in [-0.25, -0.2) is 0 Å². The van der Waals surface area contributed by atoms with E-state index in [1.54, 1.807) is 6.20 Å². The SMILES string of the molecule is Brc1cncc2cc3c(cc12)OCCO3. The molecular weight excluding hydrogens is 258 g/mol. The van der Waals surface area contributed by atoms with Crippen LogP contribution < -0.4 is 9.47 Å². The number of rotatable bonds is 0. The smallest absolute Gasteiger partial charge is 0.162 e. The number of fused-ring (bicyclic) bond motifs is 2. The van der Waals surface area contributed by atoms with Crippen molar-refractivity contribution in [2.24, 2.45) is 0 Å². The Bertz CT molecular complexity index is 527. The summed E-state index contributed by atoms with van der Waals surface area (Å²) in [5.74, 6) is 1.61. The molecule has 0 unspecified atom stereocenters. The highest BCUT2D eigenvalue weighted by Crippen LogP contribution is 2.36. The first kappa shape index (κ1) is 8.97. The van der Waals surface area contributed by atoms with Crippen molar-refractivity contribution in [1.82, 2.24) is 4.98 Å². The lowest BCUT2D eigenvalue weighted by molar-refractivity contribution is 0.172. The van der Waals surface area contributed by atoms with Crippen LogP contribution >= 0.6 is 15.9 Å². The first-order valence-electron chi connectivity index (χ1n) is 4.67. The minimum absolute atomic E-state index is 0.611. The number of benzene rings is 1. The first-order valence-corrected chi connectivity index (χ1v) is 5.47. The number of hydrogen-bond donors (Lipinski definition) is 0. The minimum Gasteiger partial charge on any atom is -0.486 e. The summed E-state index contributed by atoms with van der Waals surface area (Å²) >= 11 is 3.47. The second-order valence-corrected chi connectivity index (χ2v) is 4.19. The molecule has 15 heavy (non-hydrogen) atoms. The van der Waals surface area contributed by atoms with Crippen molar-refractivity contribution in [3.05, 3.63) is 29.0 Å². The van der Waals surface area contributed by atoms with E-state index in [9.17, 15) is 0 Å². The third-order valence-corrected chi connectivity index (χ3v) is 3.01. The molecule has 2 aromatic rings. The van der Waals surface area contributed by atoms with Crippen molar-refractivity contribution in [3.63, 3.8) is 0 Å². The summed E-state index contributed by atoms with van der Waals surface area (Å²) in [6, 6.07) is 3.94. The van der Waals surface area contributed by atoms with E-state index in [2.05, 4.69) is 20.9 Å². The second-order valence-electron chi connectivity index (χ2n) is 3.34. The quantitative estimate of drug-likeness (QED) is 0.734. The Labute approximate surface area is 95.2 Å². The maximum atomic E-state index is 5.52. The van der Waals surface area contributed by atoms with Crippen LogP contribution in [0.15, 0.2) is 29.0 Å². The molecule has 0 spiro atoms. The van der Waals surface area contributed by atoms with E-state index in [0.717, 1.165) is 26.7 Å². The van der Waals surface area contributed by atoms with Gasteiger partial charge in [-0.1, -0.05) is 0 Å². The van der Waals surface area contributed by atoms with E-state index >= 15 is 0 Å². The predicted molar refractivity (Wildman–Crippen MR) is 60.4 cm³/mol. The zero-order valence-electron chi connectivity index (χ0n) is 7.87. The Hall–Kier alpha value is -1.29. The molecule has 1 aromatic heterocycles. The lowest BCUT2D eigenvalue weighted by Crippen LogP contribution is -2.15. The molecule has 1 aliphatic rings. The summed E-state index contributed by atoms with van der Waals surface area (Å²) in [4.78, 5) is 4.12. The molecule has 1 aromatic carbocycles. The molecule has 0 N–H and O–H groups in total. The van der Waals surface area contributed by atoms with Gasteiger partial charge < -0.3 is 9.47 Å². The molecule has 1 aliphatic heterocycles. The molecule has 0 saturated heterocycles. The highest BCUT2D eigenvalue weighted by atomic mass is 79.9. The molecule has 0 radical (unpaired) electrons. The molecule has 0 atom stereocenters. The fourth-order valence-electron chi connectivity index (χ4n) is 1.67. The maximum Gasteiger partial charge on any atom is 0.162 e. The van der Waals surface area contributed by atoms with E-state index in [1.165, 1.54) is 0 Å². The minimum atomic E-state index is 0.611. The van der Waals surface area contributed by atoms with Crippen molar-refractivity contribution >= 4 is 26.7 Å². The first-order chi connectivity index (χ1) is 7.34. The van der Waals surface area contributed by atoms with Gasteiger partial charge in [-0.15, -0.1) is 0 Å². The lowest BCUT2D eigenvalue weighted by Gasteiger charge is -2.18. The fraction of sp³-hybridized carbons (Fsp3) is 0.182. The van der Waals surface area contributed by atoms with Gasteiger partial charge in [0.25, 0.3) is 0 Å². The predicted octanol–water partition coefficient (Wildman–Crippen LogP) is 2.77. The second kappa shape index (κ2) is 3.38. The van der Waals surface area contributed by atoms with E-state index in [-0.39, 0.29) is 0 Å². The summed E-state index contributed by atoms with van der Waals surface area (Å²) in [5, 5.41) is 2.14. The van der Waals surface area contributed by atoms with Gasteiger partial charge in [0.1, 0.15) is 13.2 Å². The van der Waals surface area contributed by atoms with Gasteiger partial charge in [0.15, 0.2) is 11.5 Å². The summed E-state index contributed by atoms with van der Waals surface area (Å²) in [6.45, 7) is 1.22. The lowest BCUT2D eigenvalue weighted by atomic mass is 10.1. The Morgan fingerprint density at radius 1 is 1.07 bits per heavy atom. The van der Waals surface area contributed by atoms with Gasteiger partial charge in [0.2, 0.25) is 0 Å². The highest BCUT2D eigenvalue weighted by molar-refractivity contribution is 9.10. The van der Waals surface area contributed by atoms with Crippen molar-refractivity contribution in [2.45, 2.75) is 0 Å². The van der Waals surface area contributed by atoms with E-state index < -0.39 is 0 Å².